The number of amides is 1. The summed E-state index contributed by atoms with van der Waals surface area (Å²) in [6, 6.07) is 13.8. The summed E-state index contributed by atoms with van der Waals surface area (Å²) in [5.74, 6) is -0.872. The van der Waals surface area contributed by atoms with Crippen molar-refractivity contribution in [2.24, 2.45) is 0 Å². The zero-order chi connectivity index (χ0) is 24.2. The van der Waals surface area contributed by atoms with Crippen LogP contribution >= 0.6 is 23.1 Å². The number of aromatic nitrogens is 2. The quantitative estimate of drug-likeness (QED) is 0.236. The first-order valence-electron chi connectivity index (χ1n) is 11.2. The molecule has 1 amide bonds. The number of carbonyl (C=O) groups excluding carboxylic acids is 1. The maximum absolute atomic E-state index is 13.9. The lowest BCUT2D eigenvalue weighted by Crippen LogP contribution is -2.23. The highest BCUT2D eigenvalue weighted by atomic mass is 32.2. The summed E-state index contributed by atoms with van der Waals surface area (Å²) in [4.78, 5) is 32.9. The van der Waals surface area contributed by atoms with Crippen LogP contribution in [0, 0.1) is 12.7 Å². The molecule has 0 bridgehead atoms. The molecular weight excluding hydrogens is 469 g/mol. The molecule has 0 unspecified atom stereocenters. The lowest BCUT2D eigenvalue weighted by molar-refractivity contribution is -0.113. The minimum Gasteiger partial charge on any atom is -0.323 e. The van der Waals surface area contributed by atoms with Gasteiger partial charge in [0.2, 0.25) is 5.91 Å². The Labute approximate surface area is 206 Å². The molecule has 2 aromatic carbocycles. The Bertz CT molecular complexity index is 1390. The summed E-state index contributed by atoms with van der Waals surface area (Å²) in [5, 5.41) is 3.66. The second-order valence-corrected chi connectivity index (χ2v) is 9.98. The van der Waals surface area contributed by atoms with Crippen LogP contribution in [0.4, 0.5) is 10.1 Å². The standard InChI is InChI=1S/C26H26FN3O2S2/c1-4-8-21-16(3)23-24(34-21)29-26(30(25(23)32)18-13-11-17(5-2)12-14-18)33-15-22(31)28-20-10-7-6-9-19(20)27/h6-7,9-14H,4-5,8,15H2,1-3H3,(H,28,31). The first kappa shape index (κ1) is 24.2. The number of halogens is 1. The number of thiophene rings is 1. The van der Waals surface area contributed by atoms with E-state index in [0.717, 1.165) is 29.7 Å². The molecule has 0 saturated heterocycles. The van der Waals surface area contributed by atoms with Gasteiger partial charge in [0.25, 0.3) is 5.56 Å². The molecular formula is C26H26FN3O2S2. The van der Waals surface area contributed by atoms with E-state index in [4.69, 9.17) is 4.98 Å². The molecule has 176 valence electrons. The lowest BCUT2D eigenvalue weighted by Gasteiger charge is -2.13. The number of carbonyl (C=O) groups is 1. The van der Waals surface area contributed by atoms with Crippen LogP contribution in [0.5, 0.6) is 0 Å². The van der Waals surface area contributed by atoms with Crippen LogP contribution in [0.2, 0.25) is 0 Å². The molecule has 34 heavy (non-hydrogen) atoms. The van der Waals surface area contributed by atoms with Gasteiger partial charge in [0.1, 0.15) is 10.6 Å². The zero-order valence-corrected chi connectivity index (χ0v) is 21.0. The Morgan fingerprint density at radius 2 is 1.88 bits per heavy atom. The molecule has 2 heterocycles. The van der Waals surface area contributed by atoms with Gasteiger partial charge in [0, 0.05) is 4.88 Å². The molecule has 4 aromatic rings. The maximum atomic E-state index is 13.9. The molecule has 4 rings (SSSR count). The number of hydrogen-bond acceptors (Lipinski definition) is 5. The van der Waals surface area contributed by atoms with Crippen LogP contribution < -0.4 is 10.9 Å². The third-order valence-corrected chi connectivity index (χ3v) is 7.78. The third kappa shape index (κ3) is 4.93. The van der Waals surface area contributed by atoms with Crippen molar-refractivity contribution in [3.63, 3.8) is 0 Å². The molecule has 0 saturated carbocycles. The summed E-state index contributed by atoms with van der Waals surface area (Å²) in [5.41, 5.74) is 2.84. The van der Waals surface area contributed by atoms with Gasteiger partial charge < -0.3 is 5.32 Å². The zero-order valence-electron chi connectivity index (χ0n) is 19.4. The van der Waals surface area contributed by atoms with Gasteiger partial charge in [-0.3, -0.25) is 14.2 Å². The van der Waals surface area contributed by atoms with Crippen molar-refractivity contribution in [2.75, 3.05) is 11.1 Å². The molecule has 0 spiro atoms. The Morgan fingerprint density at radius 1 is 1.15 bits per heavy atom. The number of hydrogen-bond donors (Lipinski definition) is 1. The first-order chi connectivity index (χ1) is 16.4. The fourth-order valence-electron chi connectivity index (χ4n) is 3.76. The Kier molecular flexibility index (Phi) is 7.48. The van der Waals surface area contributed by atoms with Crippen molar-refractivity contribution in [2.45, 2.75) is 45.2 Å². The Morgan fingerprint density at radius 3 is 2.56 bits per heavy atom. The Hall–Kier alpha value is -2.97. The first-order valence-corrected chi connectivity index (χ1v) is 13.0. The molecule has 0 aliphatic rings. The number of thioether (sulfide) groups is 1. The monoisotopic (exact) mass is 495 g/mol. The molecule has 0 radical (unpaired) electrons. The summed E-state index contributed by atoms with van der Waals surface area (Å²) in [6.45, 7) is 6.17. The SMILES string of the molecule is CCCc1sc2nc(SCC(=O)Nc3ccccc3F)n(-c3ccc(CC)cc3)c(=O)c2c1C. The highest BCUT2D eigenvalue weighted by molar-refractivity contribution is 7.99. The second kappa shape index (κ2) is 10.5. The van der Waals surface area contributed by atoms with Gasteiger partial charge in [0.15, 0.2) is 5.16 Å². The van der Waals surface area contributed by atoms with E-state index >= 15 is 0 Å². The maximum Gasteiger partial charge on any atom is 0.267 e. The minimum atomic E-state index is -0.495. The van der Waals surface area contributed by atoms with E-state index in [-0.39, 0.29) is 22.9 Å². The molecule has 0 fully saturated rings. The van der Waals surface area contributed by atoms with E-state index in [1.54, 1.807) is 16.7 Å². The predicted molar refractivity (Wildman–Crippen MR) is 139 cm³/mol. The fraction of sp³-hybridized carbons (Fsp3) is 0.269. The van der Waals surface area contributed by atoms with Crippen molar-refractivity contribution >= 4 is 44.9 Å². The lowest BCUT2D eigenvalue weighted by atomic mass is 10.1. The number of nitrogens with zero attached hydrogens (tertiary/aromatic N) is 2. The van der Waals surface area contributed by atoms with Crippen molar-refractivity contribution in [1.82, 2.24) is 9.55 Å². The smallest absolute Gasteiger partial charge is 0.267 e. The van der Waals surface area contributed by atoms with Crippen LogP contribution in [-0.2, 0) is 17.6 Å². The second-order valence-electron chi connectivity index (χ2n) is 7.95. The largest absolute Gasteiger partial charge is 0.323 e. The number of para-hydroxylation sites is 1. The van der Waals surface area contributed by atoms with Crippen molar-refractivity contribution < 1.29 is 9.18 Å². The van der Waals surface area contributed by atoms with Crippen LogP contribution in [0.15, 0.2) is 58.5 Å². The van der Waals surface area contributed by atoms with Gasteiger partial charge in [0.05, 0.1) is 22.5 Å². The summed E-state index contributed by atoms with van der Waals surface area (Å²) >= 11 is 2.70. The summed E-state index contributed by atoms with van der Waals surface area (Å²) in [7, 11) is 0. The molecule has 5 nitrogen and oxygen atoms in total. The molecule has 0 atom stereocenters. The van der Waals surface area contributed by atoms with E-state index in [2.05, 4.69) is 19.2 Å². The summed E-state index contributed by atoms with van der Waals surface area (Å²) < 4.78 is 15.5. The average Bonchev–Trinajstić information content (AvgIpc) is 3.15. The van der Waals surface area contributed by atoms with E-state index in [9.17, 15) is 14.0 Å². The van der Waals surface area contributed by atoms with E-state index < -0.39 is 5.82 Å². The minimum absolute atomic E-state index is 0.00843. The van der Waals surface area contributed by atoms with E-state index in [1.807, 2.05) is 31.2 Å². The number of anilines is 1. The van der Waals surface area contributed by atoms with Gasteiger partial charge in [-0.25, -0.2) is 9.37 Å². The average molecular weight is 496 g/mol. The predicted octanol–water partition coefficient (Wildman–Crippen LogP) is 6.14. The highest BCUT2D eigenvalue weighted by Crippen LogP contribution is 2.31. The van der Waals surface area contributed by atoms with E-state index in [1.165, 1.54) is 40.8 Å². The molecule has 2 aromatic heterocycles. The number of benzene rings is 2. The van der Waals surface area contributed by atoms with Crippen LogP contribution in [-0.4, -0.2) is 21.2 Å². The van der Waals surface area contributed by atoms with Crippen molar-refractivity contribution in [3.8, 4) is 5.69 Å². The van der Waals surface area contributed by atoms with Gasteiger partial charge in [-0.2, -0.15) is 0 Å². The third-order valence-electron chi connectivity index (χ3n) is 5.59. The van der Waals surface area contributed by atoms with Gasteiger partial charge in [-0.05, 0) is 55.2 Å². The number of aryl methyl sites for hydroxylation is 3. The normalized spacial score (nSPS) is 11.2. The summed E-state index contributed by atoms with van der Waals surface area (Å²) in [6.07, 6.45) is 2.78. The molecule has 0 aliphatic carbocycles. The van der Waals surface area contributed by atoms with Crippen molar-refractivity contribution in [1.29, 1.82) is 0 Å². The van der Waals surface area contributed by atoms with Crippen LogP contribution in [0.25, 0.3) is 15.9 Å². The molecule has 8 heteroatoms. The topological polar surface area (TPSA) is 64.0 Å². The van der Waals surface area contributed by atoms with Crippen LogP contribution in [0.1, 0.15) is 36.3 Å². The Balaban J connectivity index is 1.73. The van der Waals surface area contributed by atoms with Gasteiger partial charge in [-0.1, -0.05) is 56.3 Å². The molecule has 1 N–H and O–H groups in total. The van der Waals surface area contributed by atoms with Crippen molar-refractivity contribution in [3.05, 3.63) is 80.7 Å². The highest BCUT2D eigenvalue weighted by Gasteiger charge is 2.20. The fourth-order valence-corrected chi connectivity index (χ4v) is 5.89. The molecule has 0 aliphatic heterocycles. The number of nitrogens with one attached hydrogen (secondary N) is 1. The van der Waals surface area contributed by atoms with Gasteiger partial charge in [-0.15, -0.1) is 11.3 Å². The van der Waals surface area contributed by atoms with Crippen LogP contribution in [0.3, 0.4) is 0 Å². The van der Waals surface area contributed by atoms with E-state index in [0.29, 0.717) is 21.1 Å². The number of rotatable bonds is 8. The number of fused-ring (bicyclic) bond motifs is 1. The van der Waals surface area contributed by atoms with Gasteiger partial charge >= 0.3 is 0 Å².